The zero-order valence-electron chi connectivity index (χ0n) is 7.12. The van der Waals surface area contributed by atoms with Crippen molar-refractivity contribution in [1.29, 1.82) is 0 Å². The molecule has 0 radical (unpaired) electrons. The van der Waals surface area contributed by atoms with E-state index in [-0.39, 0.29) is 18.6 Å². The molecule has 0 aliphatic heterocycles. The molecule has 0 aromatic carbocycles. The lowest BCUT2D eigenvalue weighted by molar-refractivity contribution is -0.164. The Morgan fingerprint density at radius 3 is 2.67 bits per heavy atom. The minimum atomic E-state index is -1.14. The van der Waals surface area contributed by atoms with Gasteiger partial charge in [-0.2, -0.15) is 0 Å². The molecule has 0 spiro atoms. The van der Waals surface area contributed by atoms with Gasteiger partial charge >= 0.3 is 5.97 Å². The van der Waals surface area contributed by atoms with Crippen molar-refractivity contribution in [3.63, 3.8) is 0 Å². The standard InChI is InChI=1S/C8H14O4/c1-6(2)8(11)12-7(10)4-3-5-9/h7,9-10H,1,3-5H2,2H3. The van der Waals surface area contributed by atoms with E-state index in [2.05, 4.69) is 11.3 Å². The van der Waals surface area contributed by atoms with E-state index >= 15 is 0 Å². The fraction of sp³-hybridized carbons (Fsp3) is 0.625. The summed E-state index contributed by atoms with van der Waals surface area (Å²) in [5.41, 5.74) is 0.248. The van der Waals surface area contributed by atoms with Crippen LogP contribution >= 0.6 is 0 Å². The fourth-order valence-corrected chi connectivity index (χ4v) is 0.549. The first-order valence-electron chi connectivity index (χ1n) is 3.73. The molecule has 0 rings (SSSR count). The van der Waals surface area contributed by atoms with Crippen molar-refractivity contribution >= 4 is 5.97 Å². The monoisotopic (exact) mass is 174 g/mol. The van der Waals surface area contributed by atoms with Crippen LogP contribution in [-0.2, 0) is 9.53 Å². The van der Waals surface area contributed by atoms with E-state index in [0.717, 1.165) is 0 Å². The maximum atomic E-state index is 10.8. The average molecular weight is 174 g/mol. The second kappa shape index (κ2) is 5.74. The summed E-state index contributed by atoms with van der Waals surface area (Å²) < 4.78 is 4.52. The predicted octanol–water partition coefficient (Wildman–Crippen LogP) is 0.197. The lowest BCUT2D eigenvalue weighted by Crippen LogP contribution is -2.18. The minimum absolute atomic E-state index is 0.0261. The molecule has 0 fully saturated rings. The van der Waals surface area contributed by atoms with Crippen LogP contribution in [0.2, 0.25) is 0 Å². The van der Waals surface area contributed by atoms with Crippen LogP contribution in [0.1, 0.15) is 19.8 Å². The van der Waals surface area contributed by atoms with Gasteiger partial charge in [-0.25, -0.2) is 4.79 Å². The Labute approximate surface area is 71.5 Å². The van der Waals surface area contributed by atoms with Crippen molar-refractivity contribution < 1.29 is 19.7 Å². The van der Waals surface area contributed by atoms with Gasteiger partial charge in [0.2, 0.25) is 6.29 Å². The van der Waals surface area contributed by atoms with Crippen molar-refractivity contribution in [3.05, 3.63) is 12.2 Å². The van der Waals surface area contributed by atoms with Crippen LogP contribution in [0, 0.1) is 0 Å². The average Bonchev–Trinajstić information content (AvgIpc) is 2.00. The normalized spacial score (nSPS) is 12.2. The van der Waals surface area contributed by atoms with Gasteiger partial charge in [0.05, 0.1) is 0 Å². The number of carbonyl (C=O) groups excluding carboxylic acids is 1. The van der Waals surface area contributed by atoms with Gasteiger partial charge in [0, 0.05) is 18.6 Å². The van der Waals surface area contributed by atoms with Gasteiger partial charge in [0.1, 0.15) is 0 Å². The molecule has 2 N–H and O–H groups in total. The van der Waals surface area contributed by atoms with E-state index in [4.69, 9.17) is 10.2 Å². The Morgan fingerprint density at radius 2 is 2.25 bits per heavy atom. The topological polar surface area (TPSA) is 66.8 Å². The number of hydrogen-bond donors (Lipinski definition) is 2. The Balaban J connectivity index is 3.61. The molecule has 0 heterocycles. The van der Waals surface area contributed by atoms with Gasteiger partial charge in [-0.1, -0.05) is 6.58 Å². The van der Waals surface area contributed by atoms with Crippen LogP contribution in [0.25, 0.3) is 0 Å². The second-order valence-corrected chi connectivity index (χ2v) is 2.51. The van der Waals surface area contributed by atoms with Gasteiger partial charge in [-0.05, 0) is 13.3 Å². The highest BCUT2D eigenvalue weighted by Gasteiger charge is 2.10. The van der Waals surface area contributed by atoms with Gasteiger partial charge in [0.25, 0.3) is 0 Å². The molecule has 0 aliphatic carbocycles. The van der Waals surface area contributed by atoms with Gasteiger partial charge in [-0.3, -0.25) is 0 Å². The van der Waals surface area contributed by atoms with Crippen LogP contribution < -0.4 is 0 Å². The van der Waals surface area contributed by atoms with Crippen LogP contribution in [0.5, 0.6) is 0 Å². The van der Waals surface area contributed by atoms with Gasteiger partial charge < -0.3 is 14.9 Å². The Hall–Kier alpha value is -0.870. The number of carbonyl (C=O) groups is 1. The number of esters is 1. The summed E-state index contributed by atoms with van der Waals surface area (Å²) in [6.45, 7) is 4.83. The van der Waals surface area contributed by atoms with E-state index in [1.54, 1.807) is 0 Å². The summed E-state index contributed by atoms with van der Waals surface area (Å²) in [5, 5.41) is 17.4. The van der Waals surface area contributed by atoms with Crippen molar-refractivity contribution in [2.45, 2.75) is 26.1 Å². The van der Waals surface area contributed by atoms with E-state index in [0.29, 0.717) is 6.42 Å². The number of aliphatic hydroxyl groups excluding tert-OH is 2. The molecule has 70 valence electrons. The molecule has 0 amide bonds. The highest BCUT2D eigenvalue weighted by atomic mass is 16.6. The molecule has 4 nitrogen and oxygen atoms in total. The Kier molecular flexibility index (Phi) is 5.32. The highest BCUT2D eigenvalue weighted by Crippen LogP contribution is 2.01. The van der Waals surface area contributed by atoms with Gasteiger partial charge in [-0.15, -0.1) is 0 Å². The quantitative estimate of drug-likeness (QED) is 0.355. The molecule has 0 aromatic heterocycles. The van der Waals surface area contributed by atoms with E-state index in [9.17, 15) is 4.79 Å². The molecular weight excluding hydrogens is 160 g/mol. The zero-order chi connectivity index (χ0) is 9.56. The van der Waals surface area contributed by atoms with E-state index < -0.39 is 12.3 Å². The van der Waals surface area contributed by atoms with Crippen molar-refractivity contribution in [3.8, 4) is 0 Å². The van der Waals surface area contributed by atoms with Gasteiger partial charge in [0.15, 0.2) is 0 Å². The predicted molar refractivity (Wildman–Crippen MR) is 43.2 cm³/mol. The second-order valence-electron chi connectivity index (χ2n) is 2.51. The highest BCUT2D eigenvalue weighted by molar-refractivity contribution is 5.86. The SMILES string of the molecule is C=C(C)C(=O)OC(O)CCCO. The first-order valence-corrected chi connectivity index (χ1v) is 3.73. The van der Waals surface area contributed by atoms with Crippen molar-refractivity contribution in [1.82, 2.24) is 0 Å². The van der Waals surface area contributed by atoms with Crippen LogP contribution in [0.3, 0.4) is 0 Å². The summed E-state index contributed by atoms with van der Waals surface area (Å²) in [5.74, 6) is -0.611. The Morgan fingerprint density at radius 1 is 1.67 bits per heavy atom. The third-order valence-electron chi connectivity index (χ3n) is 1.20. The first kappa shape index (κ1) is 11.1. The summed E-state index contributed by atoms with van der Waals surface area (Å²) >= 11 is 0. The zero-order valence-corrected chi connectivity index (χ0v) is 7.12. The fourth-order valence-electron chi connectivity index (χ4n) is 0.549. The lowest BCUT2D eigenvalue weighted by atomic mass is 10.3. The number of ether oxygens (including phenoxy) is 1. The maximum Gasteiger partial charge on any atom is 0.335 e. The minimum Gasteiger partial charge on any atom is -0.433 e. The van der Waals surface area contributed by atoms with Crippen LogP contribution in [-0.4, -0.2) is 29.1 Å². The molecule has 0 saturated heterocycles. The molecule has 0 saturated carbocycles. The summed E-state index contributed by atoms with van der Waals surface area (Å²) in [6.07, 6.45) is -0.485. The summed E-state index contributed by atoms with van der Waals surface area (Å²) in [6, 6.07) is 0. The number of rotatable bonds is 5. The lowest BCUT2D eigenvalue weighted by Gasteiger charge is -2.10. The largest absolute Gasteiger partial charge is 0.433 e. The third kappa shape index (κ3) is 4.87. The Bertz CT molecular complexity index is 164. The van der Waals surface area contributed by atoms with Crippen molar-refractivity contribution in [2.24, 2.45) is 0 Å². The molecule has 1 unspecified atom stereocenters. The molecular formula is C8H14O4. The molecule has 0 aliphatic rings. The van der Waals surface area contributed by atoms with E-state index in [1.807, 2.05) is 0 Å². The molecule has 0 aromatic rings. The molecule has 4 heteroatoms. The molecule has 12 heavy (non-hydrogen) atoms. The third-order valence-corrected chi connectivity index (χ3v) is 1.20. The molecule has 0 bridgehead atoms. The first-order chi connectivity index (χ1) is 5.57. The van der Waals surface area contributed by atoms with Crippen LogP contribution in [0.15, 0.2) is 12.2 Å². The van der Waals surface area contributed by atoms with E-state index in [1.165, 1.54) is 6.92 Å². The smallest absolute Gasteiger partial charge is 0.335 e. The maximum absolute atomic E-state index is 10.8. The number of hydrogen-bond acceptors (Lipinski definition) is 4. The van der Waals surface area contributed by atoms with Crippen molar-refractivity contribution in [2.75, 3.05) is 6.61 Å². The van der Waals surface area contributed by atoms with Crippen LogP contribution in [0.4, 0.5) is 0 Å². The summed E-state index contributed by atoms with van der Waals surface area (Å²) in [4.78, 5) is 10.8. The number of aliphatic hydroxyl groups is 2. The summed E-state index contributed by atoms with van der Waals surface area (Å²) in [7, 11) is 0. The molecule has 1 atom stereocenters.